The van der Waals surface area contributed by atoms with E-state index in [-0.39, 0.29) is 17.3 Å². The highest BCUT2D eigenvalue weighted by Crippen LogP contribution is 2.25. The summed E-state index contributed by atoms with van der Waals surface area (Å²) in [5.41, 5.74) is -0.129. The molecule has 102 valence electrons. The average molecular weight is 290 g/mol. The van der Waals surface area contributed by atoms with Gasteiger partial charge in [-0.1, -0.05) is 6.92 Å². The maximum absolute atomic E-state index is 13.8. The number of nitrogens with zero attached hydrogens (tertiary/aromatic N) is 3. The standard InChI is InChI=1S/C12H11ClF3N3/c1-2-5-19-9(6-13)17-18-12(19)7-3-4-8(14)11(16)10(7)15/h3-4H,2,5-6H2,1H3. The molecule has 0 amide bonds. The summed E-state index contributed by atoms with van der Waals surface area (Å²) in [6, 6.07) is 2.00. The van der Waals surface area contributed by atoms with Crippen molar-refractivity contribution >= 4 is 11.6 Å². The van der Waals surface area contributed by atoms with E-state index in [4.69, 9.17) is 11.6 Å². The van der Waals surface area contributed by atoms with Crippen molar-refractivity contribution in [3.8, 4) is 11.4 Å². The third kappa shape index (κ3) is 2.45. The summed E-state index contributed by atoms with van der Waals surface area (Å²) in [6.07, 6.45) is 0.750. The van der Waals surface area contributed by atoms with Crippen molar-refractivity contribution < 1.29 is 13.2 Å². The Balaban J connectivity index is 2.59. The summed E-state index contributed by atoms with van der Waals surface area (Å²) in [5, 5.41) is 7.63. The van der Waals surface area contributed by atoms with E-state index in [0.29, 0.717) is 12.4 Å². The van der Waals surface area contributed by atoms with Crippen LogP contribution >= 0.6 is 11.6 Å². The summed E-state index contributed by atoms with van der Waals surface area (Å²) in [4.78, 5) is 0. The SMILES string of the molecule is CCCn1c(CCl)nnc1-c1ccc(F)c(F)c1F. The van der Waals surface area contributed by atoms with Crippen molar-refractivity contribution in [3.05, 3.63) is 35.4 Å². The number of alkyl halides is 1. The lowest BCUT2D eigenvalue weighted by Crippen LogP contribution is -2.05. The van der Waals surface area contributed by atoms with Crippen LogP contribution < -0.4 is 0 Å². The lowest BCUT2D eigenvalue weighted by Gasteiger charge is -2.09. The lowest BCUT2D eigenvalue weighted by atomic mass is 10.2. The summed E-state index contributed by atoms with van der Waals surface area (Å²) >= 11 is 5.71. The van der Waals surface area contributed by atoms with Crippen LogP contribution in [-0.4, -0.2) is 14.8 Å². The molecule has 0 fully saturated rings. The molecule has 0 bridgehead atoms. The Bertz CT molecular complexity index is 598. The number of benzene rings is 1. The highest BCUT2D eigenvalue weighted by molar-refractivity contribution is 6.16. The summed E-state index contributed by atoms with van der Waals surface area (Å²) < 4.78 is 41.5. The monoisotopic (exact) mass is 289 g/mol. The smallest absolute Gasteiger partial charge is 0.195 e. The van der Waals surface area contributed by atoms with Gasteiger partial charge in [-0.3, -0.25) is 0 Å². The van der Waals surface area contributed by atoms with Gasteiger partial charge in [-0.05, 0) is 18.6 Å². The van der Waals surface area contributed by atoms with Crippen LogP contribution in [0.5, 0.6) is 0 Å². The number of aromatic nitrogens is 3. The molecule has 0 spiro atoms. The zero-order valence-corrected chi connectivity index (χ0v) is 10.9. The van der Waals surface area contributed by atoms with Crippen molar-refractivity contribution in [1.82, 2.24) is 14.8 Å². The van der Waals surface area contributed by atoms with Gasteiger partial charge in [0.2, 0.25) is 0 Å². The zero-order valence-electron chi connectivity index (χ0n) is 10.1. The first kappa shape index (κ1) is 13.9. The van der Waals surface area contributed by atoms with Gasteiger partial charge < -0.3 is 4.57 Å². The first-order valence-corrected chi connectivity index (χ1v) is 6.25. The number of rotatable bonds is 4. The molecule has 0 aliphatic rings. The van der Waals surface area contributed by atoms with Gasteiger partial charge in [-0.15, -0.1) is 21.8 Å². The minimum Gasteiger partial charge on any atom is -0.310 e. The van der Waals surface area contributed by atoms with Gasteiger partial charge >= 0.3 is 0 Å². The Morgan fingerprint density at radius 2 is 1.89 bits per heavy atom. The number of hydrogen-bond donors (Lipinski definition) is 0. The fourth-order valence-corrected chi connectivity index (χ4v) is 1.99. The maximum atomic E-state index is 13.8. The third-order valence-electron chi connectivity index (χ3n) is 2.67. The van der Waals surface area contributed by atoms with E-state index < -0.39 is 17.5 Å². The summed E-state index contributed by atoms with van der Waals surface area (Å²) in [5.74, 6) is -3.31. The van der Waals surface area contributed by atoms with Crippen molar-refractivity contribution in [3.63, 3.8) is 0 Å². The van der Waals surface area contributed by atoms with Crippen LogP contribution in [-0.2, 0) is 12.4 Å². The topological polar surface area (TPSA) is 30.7 Å². The normalized spacial score (nSPS) is 11.0. The van der Waals surface area contributed by atoms with Crippen LogP contribution in [0.3, 0.4) is 0 Å². The van der Waals surface area contributed by atoms with E-state index in [1.165, 1.54) is 0 Å². The number of halogens is 4. The second kappa shape index (κ2) is 5.61. The molecule has 0 aliphatic carbocycles. The predicted octanol–water partition coefficient (Wildman–Crippen LogP) is 3.51. The summed E-state index contributed by atoms with van der Waals surface area (Å²) in [6.45, 7) is 2.44. The molecule has 0 atom stereocenters. The van der Waals surface area contributed by atoms with Crippen LogP contribution in [0.15, 0.2) is 12.1 Å². The molecule has 7 heteroatoms. The van der Waals surface area contributed by atoms with E-state index in [9.17, 15) is 13.2 Å². The Hall–Kier alpha value is -1.56. The largest absolute Gasteiger partial charge is 0.310 e. The molecular weight excluding hydrogens is 279 g/mol. The molecule has 1 heterocycles. The van der Waals surface area contributed by atoms with Gasteiger partial charge in [0.15, 0.2) is 23.3 Å². The zero-order chi connectivity index (χ0) is 14.0. The van der Waals surface area contributed by atoms with Crippen LogP contribution in [0, 0.1) is 17.5 Å². The Morgan fingerprint density at radius 3 is 2.53 bits per heavy atom. The Morgan fingerprint density at radius 1 is 1.16 bits per heavy atom. The molecule has 3 nitrogen and oxygen atoms in total. The van der Waals surface area contributed by atoms with Gasteiger partial charge in [0.25, 0.3) is 0 Å². The van der Waals surface area contributed by atoms with E-state index >= 15 is 0 Å². The highest BCUT2D eigenvalue weighted by Gasteiger charge is 2.20. The molecule has 2 rings (SSSR count). The second-order valence-electron chi connectivity index (χ2n) is 3.95. The Kier molecular flexibility index (Phi) is 4.09. The molecule has 1 aromatic carbocycles. The van der Waals surface area contributed by atoms with Crippen molar-refractivity contribution in [2.75, 3.05) is 0 Å². The van der Waals surface area contributed by atoms with Crippen molar-refractivity contribution in [2.45, 2.75) is 25.8 Å². The van der Waals surface area contributed by atoms with Gasteiger partial charge in [0.05, 0.1) is 11.4 Å². The highest BCUT2D eigenvalue weighted by atomic mass is 35.5. The third-order valence-corrected chi connectivity index (χ3v) is 2.91. The fraction of sp³-hybridized carbons (Fsp3) is 0.333. The quantitative estimate of drug-likeness (QED) is 0.637. The van der Waals surface area contributed by atoms with E-state index in [0.717, 1.165) is 18.6 Å². The van der Waals surface area contributed by atoms with Crippen LogP contribution in [0.2, 0.25) is 0 Å². The molecule has 19 heavy (non-hydrogen) atoms. The summed E-state index contributed by atoms with van der Waals surface area (Å²) in [7, 11) is 0. The van der Waals surface area contributed by atoms with Gasteiger partial charge in [0, 0.05) is 6.54 Å². The predicted molar refractivity (Wildman–Crippen MR) is 65.2 cm³/mol. The molecule has 0 unspecified atom stereocenters. The molecule has 0 aliphatic heterocycles. The average Bonchev–Trinajstić information content (AvgIpc) is 2.80. The first-order chi connectivity index (χ1) is 9.10. The number of hydrogen-bond acceptors (Lipinski definition) is 2. The molecule has 0 N–H and O–H groups in total. The van der Waals surface area contributed by atoms with E-state index in [2.05, 4.69) is 10.2 Å². The molecule has 0 saturated carbocycles. The molecule has 0 saturated heterocycles. The molecule has 2 aromatic rings. The second-order valence-corrected chi connectivity index (χ2v) is 4.22. The van der Waals surface area contributed by atoms with Crippen LogP contribution in [0.4, 0.5) is 13.2 Å². The fourth-order valence-electron chi connectivity index (χ4n) is 1.79. The van der Waals surface area contributed by atoms with Crippen molar-refractivity contribution in [2.24, 2.45) is 0 Å². The minimum absolute atomic E-state index is 0.109. The van der Waals surface area contributed by atoms with E-state index in [1.807, 2.05) is 6.92 Å². The maximum Gasteiger partial charge on any atom is 0.195 e. The van der Waals surface area contributed by atoms with Gasteiger partial charge in [-0.2, -0.15) is 0 Å². The van der Waals surface area contributed by atoms with Crippen LogP contribution in [0.25, 0.3) is 11.4 Å². The molecule has 0 radical (unpaired) electrons. The van der Waals surface area contributed by atoms with E-state index in [1.54, 1.807) is 4.57 Å². The minimum atomic E-state index is -1.52. The Labute approximate surface area is 113 Å². The molecule has 1 aromatic heterocycles. The van der Waals surface area contributed by atoms with Gasteiger partial charge in [0.1, 0.15) is 5.82 Å². The van der Waals surface area contributed by atoms with Crippen molar-refractivity contribution in [1.29, 1.82) is 0 Å². The van der Waals surface area contributed by atoms with Crippen LogP contribution in [0.1, 0.15) is 19.2 Å². The molecular formula is C12H11ClF3N3. The van der Waals surface area contributed by atoms with Gasteiger partial charge in [-0.25, -0.2) is 13.2 Å². The lowest BCUT2D eigenvalue weighted by molar-refractivity contribution is 0.448. The first-order valence-electron chi connectivity index (χ1n) is 5.72.